The zero-order chi connectivity index (χ0) is 26.8. The van der Waals surface area contributed by atoms with Gasteiger partial charge in [-0.3, -0.25) is 9.59 Å². The molecule has 204 valence electrons. The van der Waals surface area contributed by atoms with Gasteiger partial charge in [0.05, 0.1) is 5.92 Å². The Kier molecular flexibility index (Phi) is 16.6. The summed E-state index contributed by atoms with van der Waals surface area (Å²) in [7, 11) is 0. The summed E-state index contributed by atoms with van der Waals surface area (Å²) in [6, 6.07) is -0.915. The minimum absolute atomic E-state index is 0.111. The summed E-state index contributed by atoms with van der Waals surface area (Å²) in [4.78, 5) is 36.3. The second-order valence-electron chi connectivity index (χ2n) is 10.7. The van der Waals surface area contributed by atoms with E-state index in [0.717, 1.165) is 38.5 Å². The molecule has 35 heavy (non-hydrogen) atoms. The van der Waals surface area contributed by atoms with Gasteiger partial charge in [0.15, 0.2) is 1.41 Å². The van der Waals surface area contributed by atoms with Gasteiger partial charge >= 0.3 is 11.9 Å². The number of hydrogen-bond donors (Lipinski definition) is 1. The van der Waals surface area contributed by atoms with E-state index in [1.54, 1.807) is 0 Å². The molecule has 4 atom stereocenters. The lowest BCUT2D eigenvalue weighted by Crippen LogP contribution is -2.48. The summed E-state index contributed by atoms with van der Waals surface area (Å²) >= 11 is 0. The molecule has 6 heteroatoms. The average Bonchev–Trinajstić information content (AvgIpc) is 2.84. The van der Waals surface area contributed by atoms with Crippen LogP contribution in [0.1, 0.15) is 137 Å². The quantitative estimate of drug-likeness (QED) is 0.0947. The van der Waals surface area contributed by atoms with Gasteiger partial charge in [-0.25, -0.2) is 4.79 Å². The number of carbonyl (C=O) groups is 3. The Morgan fingerprint density at radius 2 is 1.57 bits per heavy atom. The van der Waals surface area contributed by atoms with Crippen LogP contribution in [0.3, 0.4) is 0 Å². The fourth-order valence-corrected chi connectivity index (χ4v) is 4.85. The number of cyclic esters (lactones) is 1. The Morgan fingerprint density at radius 1 is 1.00 bits per heavy atom. The highest BCUT2D eigenvalue weighted by Gasteiger charge is 2.43. The van der Waals surface area contributed by atoms with E-state index >= 15 is 0 Å². The van der Waals surface area contributed by atoms with Crippen molar-refractivity contribution in [3.63, 3.8) is 0 Å². The molecule has 6 nitrogen and oxygen atoms in total. The van der Waals surface area contributed by atoms with Gasteiger partial charge < -0.3 is 14.8 Å². The molecule has 0 aliphatic carbocycles. The molecule has 1 amide bonds. The molecule has 0 saturated carbocycles. The molecule has 1 fully saturated rings. The van der Waals surface area contributed by atoms with Crippen LogP contribution in [-0.4, -0.2) is 36.6 Å². The van der Waals surface area contributed by atoms with Crippen molar-refractivity contribution in [1.82, 2.24) is 5.31 Å². The van der Waals surface area contributed by atoms with Gasteiger partial charge in [-0.05, 0) is 31.6 Å². The van der Waals surface area contributed by atoms with Crippen LogP contribution >= 0.6 is 0 Å². The SMILES string of the molecule is [2H]N(C=O)[C@@H](CC(C)C)C(=O)O[C@@H](CCCCCCCCCCC)C[C@@H]1OC(=O)[C@H]1CCCCCC. The lowest BCUT2D eigenvalue weighted by molar-refractivity contribution is -0.190. The maximum Gasteiger partial charge on any atom is 0.328 e. The van der Waals surface area contributed by atoms with Crippen molar-refractivity contribution >= 4 is 18.3 Å². The number of unbranched alkanes of at least 4 members (excludes halogenated alkanes) is 11. The first kappa shape index (κ1) is 29.6. The van der Waals surface area contributed by atoms with E-state index in [4.69, 9.17) is 10.9 Å². The topological polar surface area (TPSA) is 81.7 Å². The maximum atomic E-state index is 13.0. The zero-order valence-electron chi connectivity index (χ0n) is 24.0. The monoisotopic (exact) mass is 496 g/mol. The van der Waals surface area contributed by atoms with Crippen molar-refractivity contribution in [3.8, 4) is 0 Å². The Hall–Kier alpha value is -1.59. The van der Waals surface area contributed by atoms with Crippen molar-refractivity contribution in [3.05, 3.63) is 0 Å². The maximum absolute atomic E-state index is 13.0. The highest BCUT2D eigenvalue weighted by Crippen LogP contribution is 2.32. The summed E-state index contributed by atoms with van der Waals surface area (Å²) in [5.41, 5.74) is 0. The van der Waals surface area contributed by atoms with Gasteiger partial charge in [0.1, 0.15) is 18.2 Å². The van der Waals surface area contributed by atoms with Gasteiger partial charge in [-0.2, -0.15) is 0 Å². The molecule has 1 rings (SSSR count). The first-order valence-corrected chi connectivity index (χ1v) is 14.5. The number of ether oxygens (including phenoxy) is 2. The molecule has 0 radical (unpaired) electrons. The van der Waals surface area contributed by atoms with Crippen LogP contribution in [0.15, 0.2) is 0 Å². The third-order valence-corrected chi connectivity index (χ3v) is 7.00. The third-order valence-electron chi connectivity index (χ3n) is 7.00. The van der Waals surface area contributed by atoms with Crippen LogP contribution in [-0.2, 0) is 23.9 Å². The second-order valence-corrected chi connectivity index (χ2v) is 10.7. The van der Waals surface area contributed by atoms with Crippen LogP contribution in [0.25, 0.3) is 0 Å². The molecule has 0 unspecified atom stereocenters. The number of nitrogens with one attached hydrogen (secondary N) is 1. The van der Waals surface area contributed by atoms with Gasteiger partial charge in [0.25, 0.3) is 0 Å². The van der Waals surface area contributed by atoms with Crippen LogP contribution < -0.4 is 5.31 Å². The van der Waals surface area contributed by atoms with Crippen LogP contribution in [0.2, 0.25) is 1.41 Å². The van der Waals surface area contributed by atoms with E-state index in [1.165, 1.54) is 51.4 Å². The molecule has 0 spiro atoms. The number of carbonyl (C=O) groups excluding carboxylic acids is 3. The summed E-state index contributed by atoms with van der Waals surface area (Å²) < 4.78 is 19.2. The normalized spacial score (nSPS) is 19.5. The molecular weight excluding hydrogens is 442 g/mol. The number of amides is 1. The van der Waals surface area contributed by atoms with Gasteiger partial charge in [-0.1, -0.05) is 105 Å². The highest BCUT2D eigenvalue weighted by molar-refractivity contribution is 5.79. The minimum Gasteiger partial charge on any atom is -0.461 e. The Morgan fingerprint density at radius 3 is 2.11 bits per heavy atom. The largest absolute Gasteiger partial charge is 0.461 e. The Balaban J connectivity index is 2.64. The summed E-state index contributed by atoms with van der Waals surface area (Å²) in [5, 5.41) is 0.665. The molecule has 1 heterocycles. The molecular formula is C29H53NO5. The highest BCUT2D eigenvalue weighted by atomic mass is 16.6. The molecule has 0 aromatic rings. The first-order valence-electron chi connectivity index (χ1n) is 14.9. The van der Waals surface area contributed by atoms with E-state index in [0.29, 0.717) is 31.0 Å². The summed E-state index contributed by atoms with van der Waals surface area (Å²) in [5.74, 6) is -0.635. The average molecular weight is 497 g/mol. The van der Waals surface area contributed by atoms with Crippen molar-refractivity contribution in [2.24, 2.45) is 11.8 Å². The van der Waals surface area contributed by atoms with Gasteiger partial charge in [0, 0.05) is 6.42 Å². The van der Waals surface area contributed by atoms with Crippen molar-refractivity contribution in [2.75, 3.05) is 0 Å². The molecule has 1 saturated heterocycles. The lowest BCUT2D eigenvalue weighted by atomic mass is 9.86. The third kappa shape index (κ3) is 13.9. The van der Waals surface area contributed by atoms with E-state index in [-0.39, 0.29) is 30.0 Å². The molecule has 1 aliphatic heterocycles. The number of rotatable bonds is 23. The number of hydrogen-bond acceptors (Lipinski definition) is 5. The van der Waals surface area contributed by atoms with Gasteiger partial charge in [-0.15, -0.1) is 0 Å². The Bertz CT molecular complexity index is 614. The molecule has 0 bridgehead atoms. The van der Waals surface area contributed by atoms with Crippen LogP contribution in [0.5, 0.6) is 0 Å². The lowest BCUT2D eigenvalue weighted by Gasteiger charge is -2.37. The second kappa shape index (κ2) is 19.6. The molecule has 1 N–H and O–H groups in total. The van der Waals surface area contributed by atoms with Crippen LogP contribution in [0, 0.1) is 11.8 Å². The standard InChI is InChI=1S/C29H53NO5/c1-5-7-9-11-12-13-14-15-16-18-24(34-29(33)26(30-22-31)20-23(3)4)21-27-25(28(32)35-27)19-17-10-8-6-2/h22-27H,5-21H2,1-4H3,(H,30,31)/t24-,25-,26-,27-/m0/s1/i/hD. The molecule has 1 aliphatic rings. The number of esters is 2. The van der Waals surface area contributed by atoms with E-state index in [2.05, 4.69) is 13.8 Å². The summed E-state index contributed by atoms with van der Waals surface area (Å²) in [6.45, 7) is 8.31. The Labute approximate surface area is 216 Å². The predicted molar refractivity (Wildman–Crippen MR) is 141 cm³/mol. The zero-order valence-corrected chi connectivity index (χ0v) is 23.0. The molecule has 0 aromatic carbocycles. The van der Waals surface area contributed by atoms with Gasteiger partial charge in [0.2, 0.25) is 6.41 Å². The van der Waals surface area contributed by atoms with E-state index in [9.17, 15) is 14.4 Å². The van der Waals surface area contributed by atoms with Crippen molar-refractivity contribution in [2.45, 2.75) is 155 Å². The fraction of sp³-hybridized carbons (Fsp3) is 0.897. The van der Waals surface area contributed by atoms with Crippen LogP contribution in [0.4, 0.5) is 0 Å². The van der Waals surface area contributed by atoms with Crippen molar-refractivity contribution < 1.29 is 25.3 Å². The smallest absolute Gasteiger partial charge is 0.328 e. The van der Waals surface area contributed by atoms with Crippen molar-refractivity contribution in [1.29, 1.82) is 0 Å². The predicted octanol–water partition coefficient (Wildman–Crippen LogP) is 6.88. The van der Waals surface area contributed by atoms with E-state index in [1.807, 2.05) is 13.8 Å². The molecule has 0 aromatic heterocycles. The summed E-state index contributed by atoms with van der Waals surface area (Å²) in [6.07, 6.45) is 17.6. The fourth-order valence-electron chi connectivity index (χ4n) is 4.85. The first-order chi connectivity index (χ1) is 17.3. The minimum atomic E-state index is -0.915. The van der Waals surface area contributed by atoms with E-state index < -0.39 is 12.0 Å².